The molecule has 1 saturated heterocycles. The highest BCUT2D eigenvalue weighted by atomic mass is 16.5. The van der Waals surface area contributed by atoms with E-state index in [1.807, 2.05) is 29.2 Å². The molecule has 1 N–H and O–H groups in total. The number of methoxy groups -OCH3 is 1. The van der Waals surface area contributed by atoms with Gasteiger partial charge in [0.15, 0.2) is 5.69 Å². The zero-order valence-corrected chi connectivity index (χ0v) is 15.9. The maximum absolute atomic E-state index is 12.5. The van der Waals surface area contributed by atoms with Crippen molar-refractivity contribution in [1.29, 1.82) is 0 Å². The van der Waals surface area contributed by atoms with Crippen LogP contribution in [0.15, 0.2) is 36.4 Å². The molecule has 2 heterocycles. The van der Waals surface area contributed by atoms with Gasteiger partial charge in [-0.15, -0.1) is 10.2 Å². The van der Waals surface area contributed by atoms with Gasteiger partial charge in [-0.1, -0.05) is 6.92 Å². The lowest BCUT2D eigenvalue weighted by Gasteiger charge is -2.29. The lowest BCUT2D eigenvalue weighted by molar-refractivity contribution is 0.0690. The minimum atomic E-state index is -0.0382. The van der Waals surface area contributed by atoms with Gasteiger partial charge in [-0.3, -0.25) is 4.79 Å². The highest BCUT2D eigenvalue weighted by Crippen LogP contribution is 2.18. The van der Waals surface area contributed by atoms with Crippen LogP contribution in [0.3, 0.4) is 0 Å². The maximum Gasteiger partial charge on any atom is 0.274 e. The van der Waals surface area contributed by atoms with Gasteiger partial charge in [-0.05, 0) is 55.2 Å². The number of anilines is 1. The third-order valence-electron chi connectivity index (χ3n) is 4.69. The molecule has 0 bridgehead atoms. The molecule has 27 heavy (non-hydrogen) atoms. The number of nitrogens with one attached hydrogen (secondary N) is 1. The molecule has 144 valence electrons. The Balaban J connectivity index is 1.42. The molecule has 0 radical (unpaired) electrons. The average Bonchev–Trinajstić information content (AvgIpc) is 2.72. The third kappa shape index (κ3) is 5.32. The van der Waals surface area contributed by atoms with Gasteiger partial charge in [0, 0.05) is 13.1 Å². The molecule has 3 rings (SSSR count). The van der Waals surface area contributed by atoms with Gasteiger partial charge in [0.2, 0.25) is 0 Å². The molecule has 0 aliphatic carbocycles. The van der Waals surface area contributed by atoms with Crippen molar-refractivity contribution in [3.63, 3.8) is 0 Å². The Morgan fingerprint density at radius 2 is 1.81 bits per heavy atom. The summed E-state index contributed by atoms with van der Waals surface area (Å²) in [5.74, 6) is 2.85. The summed E-state index contributed by atoms with van der Waals surface area (Å²) in [5.41, 5.74) is 0.393. The van der Waals surface area contributed by atoms with E-state index in [1.165, 1.54) is 0 Å². The first kappa shape index (κ1) is 18.9. The van der Waals surface area contributed by atoms with E-state index in [-0.39, 0.29) is 5.91 Å². The van der Waals surface area contributed by atoms with E-state index in [9.17, 15) is 4.79 Å². The van der Waals surface area contributed by atoms with E-state index in [2.05, 4.69) is 22.4 Å². The van der Waals surface area contributed by atoms with E-state index in [4.69, 9.17) is 9.47 Å². The molecule has 0 spiro atoms. The lowest BCUT2D eigenvalue weighted by Crippen LogP contribution is -2.38. The van der Waals surface area contributed by atoms with Crippen molar-refractivity contribution in [2.24, 2.45) is 5.92 Å². The predicted molar refractivity (Wildman–Crippen MR) is 103 cm³/mol. The number of benzene rings is 1. The van der Waals surface area contributed by atoms with Gasteiger partial charge >= 0.3 is 0 Å². The molecule has 0 saturated carbocycles. The molecular formula is C20H26N4O3. The van der Waals surface area contributed by atoms with Gasteiger partial charge in [0.05, 0.1) is 13.7 Å². The third-order valence-corrected chi connectivity index (χ3v) is 4.69. The predicted octanol–water partition coefficient (Wildman–Crippen LogP) is 2.85. The van der Waals surface area contributed by atoms with E-state index >= 15 is 0 Å². The number of piperidine rings is 1. The lowest BCUT2D eigenvalue weighted by atomic mass is 9.99. The number of amides is 1. The Morgan fingerprint density at radius 3 is 2.44 bits per heavy atom. The van der Waals surface area contributed by atoms with E-state index in [0.29, 0.717) is 30.6 Å². The fraction of sp³-hybridized carbons (Fsp3) is 0.450. The molecule has 1 aliphatic rings. The Kier molecular flexibility index (Phi) is 6.46. The molecule has 1 fully saturated rings. The summed E-state index contributed by atoms with van der Waals surface area (Å²) in [7, 11) is 1.63. The van der Waals surface area contributed by atoms with Crippen molar-refractivity contribution in [3.8, 4) is 11.5 Å². The van der Waals surface area contributed by atoms with Gasteiger partial charge in [0.25, 0.3) is 5.91 Å². The summed E-state index contributed by atoms with van der Waals surface area (Å²) in [4.78, 5) is 14.3. The van der Waals surface area contributed by atoms with Crippen molar-refractivity contribution in [3.05, 3.63) is 42.1 Å². The van der Waals surface area contributed by atoms with Crippen LogP contribution in [0.25, 0.3) is 0 Å². The van der Waals surface area contributed by atoms with Crippen LogP contribution in [0.1, 0.15) is 30.3 Å². The van der Waals surface area contributed by atoms with Crippen LogP contribution in [0.2, 0.25) is 0 Å². The van der Waals surface area contributed by atoms with Crippen LogP contribution in [-0.4, -0.2) is 54.4 Å². The monoisotopic (exact) mass is 370 g/mol. The average molecular weight is 370 g/mol. The fourth-order valence-electron chi connectivity index (χ4n) is 2.93. The number of ether oxygens (including phenoxy) is 2. The molecule has 1 aliphatic heterocycles. The van der Waals surface area contributed by atoms with E-state index in [1.54, 1.807) is 19.2 Å². The number of aromatic nitrogens is 2. The Morgan fingerprint density at radius 1 is 1.11 bits per heavy atom. The van der Waals surface area contributed by atoms with Crippen LogP contribution in [0.4, 0.5) is 5.82 Å². The quantitative estimate of drug-likeness (QED) is 0.755. The van der Waals surface area contributed by atoms with Crippen LogP contribution in [0.5, 0.6) is 11.5 Å². The van der Waals surface area contributed by atoms with Crippen molar-refractivity contribution in [1.82, 2.24) is 15.1 Å². The highest BCUT2D eigenvalue weighted by molar-refractivity contribution is 5.92. The van der Waals surface area contributed by atoms with Crippen LogP contribution in [-0.2, 0) is 0 Å². The fourth-order valence-corrected chi connectivity index (χ4v) is 2.93. The van der Waals surface area contributed by atoms with Crippen molar-refractivity contribution in [2.75, 3.05) is 38.7 Å². The molecule has 1 aromatic heterocycles. The molecule has 1 aromatic carbocycles. The normalized spacial score (nSPS) is 14.7. The topological polar surface area (TPSA) is 76.6 Å². The second kappa shape index (κ2) is 9.21. The van der Waals surface area contributed by atoms with Crippen LogP contribution in [0, 0.1) is 5.92 Å². The number of likely N-dealkylation sites (tertiary alicyclic amines) is 1. The SMILES string of the molecule is COc1ccc(OCCNc2ccc(C(=O)N3CCC(C)CC3)nn2)cc1. The second-order valence-electron chi connectivity index (χ2n) is 6.73. The first-order valence-electron chi connectivity index (χ1n) is 9.29. The maximum atomic E-state index is 12.5. The van der Waals surface area contributed by atoms with E-state index < -0.39 is 0 Å². The standard InChI is InChI=1S/C20H26N4O3/c1-15-9-12-24(13-10-15)20(25)18-7-8-19(23-22-18)21-11-14-27-17-5-3-16(26-2)4-6-17/h3-8,15H,9-14H2,1-2H3,(H,21,23). The summed E-state index contributed by atoms with van der Waals surface area (Å²) in [6, 6.07) is 10.9. The van der Waals surface area contributed by atoms with Gasteiger partial charge < -0.3 is 19.7 Å². The number of hydrogen-bond donors (Lipinski definition) is 1. The molecule has 0 atom stereocenters. The molecule has 2 aromatic rings. The summed E-state index contributed by atoms with van der Waals surface area (Å²) in [5, 5.41) is 11.3. The molecule has 1 amide bonds. The van der Waals surface area contributed by atoms with Crippen LogP contribution >= 0.6 is 0 Å². The summed E-state index contributed by atoms with van der Waals surface area (Å²) in [6.45, 7) is 4.88. The smallest absolute Gasteiger partial charge is 0.274 e. The number of carbonyl (C=O) groups excluding carboxylic acids is 1. The Labute approximate surface area is 159 Å². The van der Waals surface area contributed by atoms with Gasteiger partial charge in [0.1, 0.15) is 23.9 Å². The largest absolute Gasteiger partial charge is 0.497 e. The van der Waals surface area contributed by atoms with E-state index in [0.717, 1.165) is 37.4 Å². The highest BCUT2D eigenvalue weighted by Gasteiger charge is 2.22. The molecular weight excluding hydrogens is 344 g/mol. The van der Waals surface area contributed by atoms with Crippen molar-refractivity contribution >= 4 is 11.7 Å². The second-order valence-corrected chi connectivity index (χ2v) is 6.73. The summed E-state index contributed by atoms with van der Waals surface area (Å²) >= 11 is 0. The van der Waals surface area contributed by atoms with Gasteiger partial charge in [-0.2, -0.15) is 0 Å². The number of rotatable bonds is 7. The molecule has 0 unspecified atom stereocenters. The van der Waals surface area contributed by atoms with Crippen LogP contribution < -0.4 is 14.8 Å². The minimum absolute atomic E-state index is 0.0382. The van der Waals surface area contributed by atoms with Crippen molar-refractivity contribution < 1.29 is 14.3 Å². The molecule has 7 heteroatoms. The minimum Gasteiger partial charge on any atom is -0.497 e. The first-order valence-corrected chi connectivity index (χ1v) is 9.29. The summed E-state index contributed by atoms with van der Waals surface area (Å²) < 4.78 is 10.8. The summed E-state index contributed by atoms with van der Waals surface area (Å²) in [6.07, 6.45) is 2.10. The Bertz CT molecular complexity index is 726. The molecule has 7 nitrogen and oxygen atoms in total. The number of carbonyl (C=O) groups is 1. The Hall–Kier alpha value is -2.83. The number of hydrogen-bond acceptors (Lipinski definition) is 6. The number of nitrogens with zero attached hydrogens (tertiary/aromatic N) is 3. The zero-order chi connectivity index (χ0) is 19.1. The first-order chi connectivity index (χ1) is 13.2. The zero-order valence-electron chi connectivity index (χ0n) is 15.9. The van der Waals surface area contributed by atoms with Gasteiger partial charge in [-0.25, -0.2) is 0 Å². The van der Waals surface area contributed by atoms with Crippen molar-refractivity contribution in [2.45, 2.75) is 19.8 Å².